The number of ether oxygens (including phenoxy) is 1. The number of allylic oxidation sites excluding steroid dienone is 1. The van der Waals surface area contributed by atoms with Crippen molar-refractivity contribution in [1.82, 2.24) is 5.32 Å². The highest BCUT2D eigenvalue weighted by atomic mass is 16.5. The Balaban J connectivity index is 3.35. The Kier molecular flexibility index (Phi) is 69.9. The Bertz CT molecular complexity index is 1220. The molecule has 0 saturated carbocycles. The Morgan fingerprint density at radius 2 is 0.568 bits per heavy atom. The summed E-state index contributed by atoms with van der Waals surface area (Å²) >= 11 is 0. The molecule has 6 heteroatoms. The molecule has 0 aliphatic heterocycles. The first-order valence-corrected chi connectivity index (χ1v) is 37.5. The molecule has 0 aromatic heterocycles. The Labute approximate surface area is 508 Å². The van der Waals surface area contributed by atoms with Crippen molar-refractivity contribution >= 4 is 11.9 Å². The van der Waals surface area contributed by atoms with Crippen LogP contribution in [0.25, 0.3) is 0 Å². The molecule has 0 aromatic carbocycles. The first kappa shape index (κ1) is 79.6. The molecule has 2 unspecified atom stereocenters. The molecule has 2 atom stereocenters. The summed E-state index contributed by atoms with van der Waals surface area (Å²) in [5.41, 5.74) is 0. The van der Waals surface area contributed by atoms with Crippen LogP contribution in [-0.4, -0.2) is 47.4 Å². The predicted molar refractivity (Wildman–Crippen MR) is 357 cm³/mol. The van der Waals surface area contributed by atoms with E-state index in [0.29, 0.717) is 19.4 Å². The quantitative estimate of drug-likeness (QED) is 0.0320. The summed E-state index contributed by atoms with van der Waals surface area (Å²) < 4.78 is 5.52. The van der Waals surface area contributed by atoms with Gasteiger partial charge < -0.3 is 20.3 Å². The molecule has 0 spiro atoms. The van der Waals surface area contributed by atoms with Gasteiger partial charge in [-0.25, -0.2) is 0 Å². The van der Waals surface area contributed by atoms with Crippen LogP contribution in [0.15, 0.2) is 12.2 Å². The van der Waals surface area contributed by atoms with Crippen molar-refractivity contribution in [3.63, 3.8) is 0 Å². The van der Waals surface area contributed by atoms with Crippen LogP contribution in [0.2, 0.25) is 0 Å². The fraction of sp³-hybridized carbons (Fsp3) is 0.947. The fourth-order valence-corrected chi connectivity index (χ4v) is 12.1. The molecule has 0 aliphatic rings. The molecule has 0 aromatic rings. The maximum absolute atomic E-state index is 12.5. The second-order valence-electron chi connectivity index (χ2n) is 26.0. The molecule has 0 rings (SSSR count). The monoisotopic (exact) mass is 1140 g/mol. The minimum absolute atomic E-state index is 0.0229. The van der Waals surface area contributed by atoms with Crippen molar-refractivity contribution in [2.45, 2.75) is 443 Å². The average molecular weight is 1140 g/mol. The molecule has 0 fully saturated rings. The van der Waals surface area contributed by atoms with Crippen molar-refractivity contribution < 1.29 is 24.5 Å². The Hall–Kier alpha value is -1.40. The molecule has 482 valence electrons. The molecule has 6 nitrogen and oxygen atoms in total. The lowest BCUT2D eigenvalue weighted by Crippen LogP contribution is -2.45. The van der Waals surface area contributed by atoms with Crippen LogP contribution in [0.1, 0.15) is 431 Å². The summed E-state index contributed by atoms with van der Waals surface area (Å²) in [7, 11) is 0. The number of rotatable bonds is 71. The zero-order valence-electron chi connectivity index (χ0n) is 55.3. The lowest BCUT2D eigenvalue weighted by molar-refractivity contribution is -0.143. The van der Waals surface area contributed by atoms with E-state index in [2.05, 4.69) is 19.2 Å². The number of esters is 1. The van der Waals surface area contributed by atoms with Crippen molar-refractivity contribution in [2.75, 3.05) is 13.2 Å². The van der Waals surface area contributed by atoms with Gasteiger partial charge in [0.15, 0.2) is 0 Å². The number of hydrogen-bond donors (Lipinski definition) is 3. The minimum Gasteiger partial charge on any atom is -0.466 e. The molecule has 0 bridgehead atoms. The highest BCUT2D eigenvalue weighted by molar-refractivity contribution is 5.76. The smallest absolute Gasteiger partial charge is 0.305 e. The van der Waals surface area contributed by atoms with Gasteiger partial charge in [0.1, 0.15) is 0 Å². The zero-order chi connectivity index (χ0) is 58.5. The summed E-state index contributed by atoms with van der Waals surface area (Å²) in [4.78, 5) is 24.6. The van der Waals surface area contributed by atoms with Crippen molar-refractivity contribution in [2.24, 2.45) is 0 Å². The van der Waals surface area contributed by atoms with Gasteiger partial charge in [-0.05, 0) is 32.1 Å². The van der Waals surface area contributed by atoms with Gasteiger partial charge in [0.05, 0.1) is 25.4 Å². The van der Waals surface area contributed by atoms with Gasteiger partial charge in [-0.3, -0.25) is 9.59 Å². The Morgan fingerprint density at radius 3 is 0.840 bits per heavy atom. The van der Waals surface area contributed by atoms with E-state index in [1.807, 2.05) is 6.08 Å². The van der Waals surface area contributed by atoms with E-state index in [9.17, 15) is 19.8 Å². The molecular formula is C75H147NO5. The van der Waals surface area contributed by atoms with Gasteiger partial charge in [-0.1, -0.05) is 398 Å². The molecule has 0 saturated heterocycles. The highest BCUT2D eigenvalue weighted by Crippen LogP contribution is 2.20. The SMILES string of the molecule is CCCCCCCCCCCCCCCCCCC/C=C/C(O)C(CO)NC(=O)CCCCCCCCCCCCCCCCCCCCCCCCCCCCOC(=O)CCCCCCCCCCCCCCCCCCCCC. The van der Waals surface area contributed by atoms with Crippen LogP contribution in [0.4, 0.5) is 0 Å². The number of nitrogens with one attached hydrogen (secondary N) is 1. The number of unbranched alkanes of at least 4 members (excludes halogenated alkanes) is 60. The molecule has 0 aliphatic carbocycles. The largest absolute Gasteiger partial charge is 0.466 e. The molecule has 3 N–H and O–H groups in total. The molecule has 0 radical (unpaired) electrons. The number of hydrogen-bond acceptors (Lipinski definition) is 5. The lowest BCUT2D eigenvalue weighted by Gasteiger charge is -2.20. The zero-order valence-corrected chi connectivity index (χ0v) is 55.3. The van der Waals surface area contributed by atoms with E-state index in [0.717, 1.165) is 38.5 Å². The number of amides is 1. The van der Waals surface area contributed by atoms with Gasteiger partial charge in [-0.15, -0.1) is 0 Å². The summed E-state index contributed by atoms with van der Waals surface area (Å²) in [5.74, 6) is -0.0383. The van der Waals surface area contributed by atoms with E-state index < -0.39 is 12.1 Å². The van der Waals surface area contributed by atoms with Crippen LogP contribution in [0, 0.1) is 0 Å². The maximum Gasteiger partial charge on any atom is 0.305 e. The van der Waals surface area contributed by atoms with Crippen LogP contribution in [0.3, 0.4) is 0 Å². The van der Waals surface area contributed by atoms with E-state index in [4.69, 9.17) is 4.74 Å². The first-order chi connectivity index (χ1) is 40.0. The topological polar surface area (TPSA) is 95.9 Å². The standard InChI is InChI=1S/C75H147NO5/c1-3-5-7-9-11-13-15-17-19-21-31-35-39-43-47-51-55-59-63-67-73(78)72(71-77)76-74(79)68-64-60-56-52-48-44-40-36-33-29-27-25-23-24-26-28-30-34-38-42-46-50-54-58-62-66-70-81-75(80)69-65-61-57-53-49-45-41-37-32-22-20-18-16-14-12-10-8-6-4-2/h63,67,72-73,77-78H,3-62,64-66,68-71H2,1-2H3,(H,76,79)/b67-63+. The van der Waals surface area contributed by atoms with Crippen molar-refractivity contribution in [1.29, 1.82) is 0 Å². The van der Waals surface area contributed by atoms with Crippen LogP contribution in [0.5, 0.6) is 0 Å². The number of carbonyl (C=O) groups is 2. The summed E-state index contributed by atoms with van der Waals surface area (Å²) in [5, 5.41) is 23.2. The highest BCUT2D eigenvalue weighted by Gasteiger charge is 2.18. The third kappa shape index (κ3) is 67.6. The number of aliphatic hydroxyl groups excluding tert-OH is 2. The first-order valence-electron chi connectivity index (χ1n) is 37.5. The van der Waals surface area contributed by atoms with Crippen LogP contribution in [-0.2, 0) is 14.3 Å². The second kappa shape index (κ2) is 71.1. The maximum atomic E-state index is 12.5. The molecule has 1 amide bonds. The average Bonchev–Trinajstić information content (AvgIpc) is 3.47. The van der Waals surface area contributed by atoms with Crippen LogP contribution < -0.4 is 5.32 Å². The summed E-state index contributed by atoms with van der Waals surface area (Å²) in [6.07, 6.45) is 88.8. The Morgan fingerprint density at radius 1 is 0.333 bits per heavy atom. The minimum atomic E-state index is -0.843. The number of aliphatic hydroxyl groups is 2. The number of carbonyl (C=O) groups excluding carboxylic acids is 2. The van der Waals surface area contributed by atoms with Gasteiger partial charge in [0, 0.05) is 12.8 Å². The van der Waals surface area contributed by atoms with E-state index in [1.54, 1.807) is 6.08 Å². The van der Waals surface area contributed by atoms with E-state index in [-0.39, 0.29) is 18.5 Å². The molecule has 0 heterocycles. The summed E-state index contributed by atoms with van der Waals surface area (Å²) in [6.45, 7) is 4.96. The van der Waals surface area contributed by atoms with Gasteiger partial charge in [-0.2, -0.15) is 0 Å². The normalized spacial score (nSPS) is 12.5. The summed E-state index contributed by atoms with van der Waals surface area (Å²) in [6, 6.07) is -0.626. The van der Waals surface area contributed by atoms with Gasteiger partial charge >= 0.3 is 5.97 Å². The third-order valence-electron chi connectivity index (χ3n) is 17.8. The van der Waals surface area contributed by atoms with Gasteiger partial charge in [0.2, 0.25) is 5.91 Å². The third-order valence-corrected chi connectivity index (χ3v) is 17.8. The van der Waals surface area contributed by atoms with Crippen molar-refractivity contribution in [3.05, 3.63) is 12.2 Å². The second-order valence-corrected chi connectivity index (χ2v) is 26.0. The van der Waals surface area contributed by atoms with Gasteiger partial charge in [0.25, 0.3) is 0 Å². The lowest BCUT2D eigenvalue weighted by atomic mass is 10.0. The van der Waals surface area contributed by atoms with Crippen molar-refractivity contribution in [3.8, 4) is 0 Å². The van der Waals surface area contributed by atoms with Crippen LogP contribution >= 0.6 is 0 Å². The van der Waals surface area contributed by atoms with E-state index in [1.165, 1.54) is 366 Å². The fourth-order valence-electron chi connectivity index (χ4n) is 12.1. The molecule has 81 heavy (non-hydrogen) atoms. The predicted octanol–water partition coefficient (Wildman–Crippen LogP) is 24.3. The molecular weight excluding hydrogens is 995 g/mol. The van der Waals surface area contributed by atoms with E-state index >= 15 is 0 Å².